The summed E-state index contributed by atoms with van der Waals surface area (Å²) >= 11 is 0. The molecule has 0 saturated carbocycles. The smallest absolute Gasteiger partial charge is 0.202 e. The first-order valence-electron chi connectivity index (χ1n) is 10.6. The van der Waals surface area contributed by atoms with Gasteiger partial charge < -0.3 is 9.64 Å². The maximum Gasteiger partial charge on any atom is 0.202 e. The quantitative estimate of drug-likeness (QED) is 0.404. The Morgan fingerprint density at radius 2 is 1.61 bits per heavy atom. The van der Waals surface area contributed by atoms with Gasteiger partial charge in [-0.2, -0.15) is 0 Å². The molecule has 0 spiro atoms. The molecule has 0 aliphatic heterocycles. The number of carbonyl (C=O) groups is 1. The molecule has 0 bridgehead atoms. The lowest BCUT2D eigenvalue weighted by Crippen LogP contribution is -2.33. The highest BCUT2D eigenvalue weighted by atomic mass is 16.5. The van der Waals surface area contributed by atoms with Crippen molar-refractivity contribution in [3.63, 3.8) is 0 Å². The second kappa shape index (κ2) is 11.9. The molecule has 1 rings (SSSR count). The van der Waals surface area contributed by atoms with E-state index in [9.17, 15) is 4.79 Å². The normalized spacial score (nSPS) is 21.1. The zero-order valence-corrected chi connectivity index (χ0v) is 19.4. The summed E-state index contributed by atoms with van der Waals surface area (Å²) in [4.78, 5) is 14.7. The van der Waals surface area contributed by atoms with Crippen LogP contribution in [0.1, 0.15) is 73.1 Å². The first-order chi connectivity index (χ1) is 13.2. The van der Waals surface area contributed by atoms with E-state index >= 15 is 0 Å². The summed E-state index contributed by atoms with van der Waals surface area (Å²) < 4.78 is 5.40. The molecular weight excluding hydrogens is 346 g/mol. The maximum atomic E-state index is 12.7. The number of allylic oxidation sites excluding steroid dienone is 8. The minimum absolute atomic E-state index is 0.0138. The van der Waals surface area contributed by atoms with E-state index in [2.05, 4.69) is 45.9 Å². The first kappa shape index (κ1) is 24.3. The van der Waals surface area contributed by atoms with E-state index in [0.29, 0.717) is 11.7 Å². The number of rotatable bonds is 10. The highest BCUT2D eigenvalue weighted by Crippen LogP contribution is 2.35. The third kappa shape index (κ3) is 7.69. The summed E-state index contributed by atoms with van der Waals surface area (Å²) in [5.74, 6) is 1.05. The Morgan fingerprint density at radius 3 is 2.14 bits per heavy atom. The van der Waals surface area contributed by atoms with Crippen molar-refractivity contribution in [3.8, 4) is 0 Å². The average Bonchev–Trinajstić information content (AvgIpc) is 2.62. The molecule has 3 heteroatoms. The Balaban J connectivity index is 2.59. The second-order valence-electron chi connectivity index (χ2n) is 8.69. The van der Waals surface area contributed by atoms with Gasteiger partial charge in [-0.3, -0.25) is 4.79 Å². The molecule has 1 aliphatic carbocycles. The van der Waals surface area contributed by atoms with E-state index in [1.807, 2.05) is 25.9 Å². The van der Waals surface area contributed by atoms with Crippen molar-refractivity contribution in [2.75, 3.05) is 21.2 Å². The van der Waals surface area contributed by atoms with E-state index in [-0.39, 0.29) is 11.7 Å². The fourth-order valence-corrected chi connectivity index (χ4v) is 3.66. The first-order valence-corrected chi connectivity index (χ1v) is 10.6. The van der Waals surface area contributed by atoms with Gasteiger partial charge in [0.2, 0.25) is 5.78 Å². The summed E-state index contributed by atoms with van der Waals surface area (Å²) in [6, 6.07) is 0. The zero-order chi connectivity index (χ0) is 21.3. The number of hydrogen-bond donors (Lipinski definition) is 0. The van der Waals surface area contributed by atoms with Crippen LogP contribution in [0.2, 0.25) is 0 Å². The predicted molar refractivity (Wildman–Crippen MR) is 120 cm³/mol. The van der Waals surface area contributed by atoms with Gasteiger partial charge in [0.1, 0.15) is 0 Å². The predicted octanol–water partition coefficient (Wildman–Crippen LogP) is 6.44. The topological polar surface area (TPSA) is 29.5 Å². The molecule has 0 aromatic heterocycles. The van der Waals surface area contributed by atoms with Crippen LogP contribution in [-0.4, -0.2) is 31.9 Å². The van der Waals surface area contributed by atoms with Gasteiger partial charge in [0.15, 0.2) is 5.76 Å². The van der Waals surface area contributed by atoms with Crippen LogP contribution in [0, 0.1) is 11.8 Å². The Labute approximate surface area is 173 Å². The lowest BCUT2D eigenvalue weighted by molar-refractivity contribution is -0.124. The molecule has 0 aromatic carbocycles. The van der Waals surface area contributed by atoms with Gasteiger partial charge in [0, 0.05) is 20.0 Å². The summed E-state index contributed by atoms with van der Waals surface area (Å²) in [5, 5.41) is 0. The fraction of sp³-hybridized carbons (Fsp3) is 0.640. The minimum atomic E-state index is 0.0138. The van der Waals surface area contributed by atoms with Gasteiger partial charge in [-0.15, -0.1) is 0 Å². The second-order valence-corrected chi connectivity index (χ2v) is 8.69. The van der Waals surface area contributed by atoms with E-state index in [1.165, 1.54) is 16.7 Å². The van der Waals surface area contributed by atoms with Crippen molar-refractivity contribution < 1.29 is 9.53 Å². The standard InChI is InChI=1S/C25H41NO2/c1-18(2)11-9-12-19(3)13-10-14-20(4)15-16-22-17-23(26(6)7)25(28-8)24(27)21(22)5/h11,13,15,21-22H,9-10,12,14,16-17H2,1-8H3/b19-13+,20-15+/t21?,22-/m1/s1. The maximum absolute atomic E-state index is 12.7. The minimum Gasteiger partial charge on any atom is -0.491 e. The van der Waals surface area contributed by atoms with E-state index in [4.69, 9.17) is 4.74 Å². The van der Waals surface area contributed by atoms with E-state index in [0.717, 1.165) is 44.2 Å². The summed E-state index contributed by atoms with van der Waals surface area (Å²) in [6.45, 7) is 10.8. The van der Waals surface area contributed by atoms with Gasteiger partial charge in [0.25, 0.3) is 0 Å². The lowest BCUT2D eigenvalue weighted by Gasteiger charge is -2.33. The molecule has 0 aromatic rings. The third-order valence-electron chi connectivity index (χ3n) is 5.70. The zero-order valence-electron chi connectivity index (χ0n) is 19.4. The van der Waals surface area contributed by atoms with Crippen LogP contribution in [0.4, 0.5) is 0 Å². The fourth-order valence-electron chi connectivity index (χ4n) is 3.66. The summed E-state index contributed by atoms with van der Waals surface area (Å²) in [6.07, 6.45) is 13.3. The number of ketones is 1. The number of carbonyl (C=O) groups excluding carboxylic acids is 1. The molecule has 0 saturated heterocycles. The molecule has 0 amide bonds. The van der Waals surface area contributed by atoms with Crippen LogP contribution in [-0.2, 0) is 9.53 Å². The Morgan fingerprint density at radius 1 is 1.04 bits per heavy atom. The Bertz CT molecular complexity index is 645. The molecule has 0 heterocycles. The lowest BCUT2D eigenvalue weighted by atomic mass is 9.78. The van der Waals surface area contributed by atoms with Crippen LogP contribution in [0.25, 0.3) is 0 Å². The van der Waals surface area contributed by atoms with Gasteiger partial charge in [-0.1, -0.05) is 41.9 Å². The average molecular weight is 388 g/mol. The number of methoxy groups -OCH3 is 1. The van der Waals surface area contributed by atoms with Crippen molar-refractivity contribution in [1.82, 2.24) is 4.90 Å². The number of ether oxygens (including phenoxy) is 1. The molecular formula is C25H41NO2. The molecule has 1 aliphatic rings. The monoisotopic (exact) mass is 387 g/mol. The molecule has 28 heavy (non-hydrogen) atoms. The molecule has 158 valence electrons. The molecule has 0 N–H and O–H groups in total. The highest BCUT2D eigenvalue weighted by Gasteiger charge is 2.35. The van der Waals surface area contributed by atoms with Gasteiger partial charge in [-0.05, 0) is 72.1 Å². The van der Waals surface area contributed by atoms with Crippen molar-refractivity contribution in [1.29, 1.82) is 0 Å². The van der Waals surface area contributed by atoms with Gasteiger partial charge >= 0.3 is 0 Å². The molecule has 1 unspecified atom stereocenters. The van der Waals surface area contributed by atoms with Crippen LogP contribution >= 0.6 is 0 Å². The number of Topliss-reactive ketones (excluding diaryl/α,β-unsaturated/α-hetero) is 1. The van der Waals surface area contributed by atoms with E-state index < -0.39 is 0 Å². The molecule has 2 atom stereocenters. The largest absolute Gasteiger partial charge is 0.491 e. The Hall–Kier alpha value is -1.77. The van der Waals surface area contributed by atoms with Crippen LogP contribution in [0.15, 0.2) is 46.4 Å². The number of hydrogen-bond acceptors (Lipinski definition) is 3. The van der Waals surface area contributed by atoms with Crippen molar-refractivity contribution in [2.45, 2.75) is 73.1 Å². The Kier molecular flexibility index (Phi) is 10.3. The molecule has 0 radical (unpaired) electrons. The highest BCUT2D eigenvalue weighted by molar-refractivity contribution is 5.96. The SMILES string of the molecule is COC1=C(N(C)C)C[C@@H](C/C=C(\C)CC/C=C(\C)CCC=C(C)C)C(C)C1=O. The van der Waals surface area contributed by atoms with Crippen molar-refractivity contribution in [3.05, 3.63) is 46.4 Å². The summed E-state index contributed by atoms with van der Waals surface area (Å²) in [7, 11) is 5.58. The molecule has 3 nitrogen and oxygen atoms in total. The van der Waals surface area contributed by atoms with E-state index in [1.54, 1.807) is 7.11 Å². The number of nitrogens with zero attached hydrogens (tertiary/aromatic N) is 1. The molecule has 0 fully saturated rings. The van der Waals surface area contributed by atoms with Crippen LogP contribution < -0.4 is 0 Å². The third-order valence-corrected chi connectivity index (χ3v) is 5.70. The van der Waals surface area contributed by atoms with Crippen LogP contribution in [0.3, 0.4) is 0 Å². The van der Waals surface area contributed by atoms with Crippen molar-refractivity contribution in [2.24, 2.45) is 11.8 Å². The van der Waals surface area contributed by atoms with Crippen molar-refractivity contribution >= 4 is 5.78 Å². The van der Waals surface area contributed by atoms with Crippen LogP contribution in [0.5, 0.6) is 0 Å². The van der Waals surface area contributed by atoms with Gasteiger partial charge in [-0.25, -0.2) is 0 Å². The summed E-state index contributed by atoms with van der Waals surface area (Å²) in [5.41, 5.74) is 5.31. The van der Waals surface area contributed by atoms with Gasteiger partial charge in [0.05, 0.1) is 12.8 Å².